The molecule has 0 radical (unpaired) electrons. The van der Waals surface area contributed by atoms with Gasteiger partial charge in [-0.25, -0.2) is 4.79 Å². The summed E-state index contributed by atoms with van der Waals surface area (Å²) in [4.78, 5) is 22.3. The summed E-state index contributed by atoms with van der Waals surface area (Å²) in [5, 5.41) is 25.9. The van der Waals surface area contributed by atoms with Crippen molar-refractivity contribution in [1.82, 2.24) is 5.32 Å². The third-order valence-electron chi connectivity index (χ3n) is 4.39. The first-order chi connectivity index (χ1) is 13.3. The smallest absolute Gasteiger partial charge is 0.337 e. The molecular weight excluding hydrogens is 360 g/mol. The molecule has 2 aromatic rings. The highest BCUT2D eigenvalue weighted by Gasteiger charge is 2.21. The Bertz CT molecular complexity index is 835. The Labute approximate surface area is 164 Å². The van der Waals surface area contributed by atoms with E-state index in [0.29, 0.717) is 24.0 Å². The van der Waals surface area contributed by atoms with Crippen LogP contribution < -0.4 is 10.6 Å². The van der Waals surface area contributed by atoms with Gasteiger partial charge in [-0.2, -0.15) is 0 Å². The number of aliphatic hydroxyl groups excluding tert-OH is 1. The largest absolute Gasteiger partial charge is 0.506 e. The molecule has 0 saturated carbocycles. The van der Waals surface area contributed by atoms with Gasteiger partial charge in [-0.05, 0) is 55.7 Å². The topological polar surface area (TPSA) is 108 Å². The number of anilines is 1. The zero-order valence-corrected chi connectivity index (χ0v) is 16.2. The summed E-state index contributed by atoms with van der Waals surface area (Å²) in [5.41, 5.74) is 1.92. The van der Waals surface area contributed by atoms with Gasteiger partial charge in [-0.3, -0.25) is 4.79 Å². The molecule has 0 aromatic heterocycles. The van der Waals surface area contributed by atoms with Gasteiger partial charge in [0.1, 0.15) is 5.75 Å². The Hall–Kier alpha value is -2.90. The molecule has 0 aliphatic heterocycles. The van der Waals surface area contributed by atoms with Gasteiger partial charge in [0, 0.05) is 12.1 Å². The monoisotopic (exact) mass is 386 g/mol. The van der Waals surface area contributed by atoms with Crippen LogP contribution in [0.5, 0.6) is 5.75 Å². The number of methoxy groups -OCH3 is 1. The summed E-state index contributed by atoms with van der Waals surface area (Å²) >= 11 is 0. The number of hydrogen-bond acceptors (Lipinski definition) is 6. The number of phenols is 1. The number of amides is 1. The molecule has 7 heteroatoms. The fourth-order valence-corrected chi connectivity index (χ4v) is 2.93. The van der Waals surface area contributed by atoms with Crippen LogP contribution in [0.3, 0.4) is 0 Å². The number of rotatable bonds is 9. The zero-order chi connectivity index (χ0) is 20.7. The average Bonchev–Trinajstić information content (AvgIpc) is 2.67. The van der Waals surface area contributed by atoms with Gasteiger partial charge in [-0.15, -0.1) is 0 Å². The molecule has 150 valence electrons. The number of hydrogen-bond donors (Lipinski definition) is 4. The van der Waals surface area contributed by atoms with E-state index in [0.717, 1.165) is 5.56 Å². The van der Waals surface area contributed by atoms with Crippen LogP contribution in [-0.4, -0.2) is 41.8 Å². The van der Waals surface area contributed by atoms with Crippen molar-refractivity contribution in [1.29, 1.82) is 0 Å². The Morgan fingerprint density at radius 3 is 2.68 bits per heavy atom. The lowest BCUT2D eigenvalue weighted by Crippen LogP contribution is -2.43. The molecule has 1 unspecified atom stereocenters. The van der Waals surface area contributed by atoms with Crippen molar-refractivity contribution in [2.75, 3.05) is 19.0 Å². The maximum Gasteiger partial charge on any atom is 0.337 e. The van der Waals surface area contributed by atoms with Gasteiger partial charge in [0.15, 0.2) is 0 Å². The lowest BCUT2D eigenvalue weighted by Gasteiger charge is -2.28. The van der Waals surface area contributed by atoms with Crippen molar-refractivity contribution in [3.05, 3.63) is 59.2 Å². The molecule has 7 nitrogen and oxygen atoms in total. The minimum atomic E-state index is -0.825. The van der Waals surface area contributed by atoms with E-state index < -0.39 is 6.10 Å². The fraction of sp³-hybridized carbons (Fsp3) is 0.333. The molecule has 28 heavy (non-hydrogen) atoms. The van der Waals surface area contributed by atoms with Crippen LogP contribution in [0, 0.1) is 0 Å². The van der Waals surface area contributed by atoms with Crippen LogP contribution >= 0.6 is 0 Å². The molecule has 0 saturated heterocycles. The molecule has 2 rings (SSSR count). The number of carbonyl (C=O) groups is 2. The normalized spacial score (nSPS) is 12.3. The summed E-state index contributed by atoms with van der Waals surface area (Å²) in [5.74, 6) is -0.447. The predicted octanol–water partition coefficient (Wildman–Crippen LogP) is 2.39. The molecule has 0 aliphatic carbocycles. The highest BCUT2D eigenvalue weighted by atomic mass is 16.5. The van der Waals surface area contributed by atoms with Crippen LogP contribution in [-0.2, 0) is 16.0 Å². The highest BCUT2D eigenvalue weighted by molar-refractivity contribution is 5.89. The first kappa shape index (κ1) is 21.4. The first-order valence-electron chi connectivity index (χ1n) is 8.89. The highest BCUT2D eigenvalue weighted by Crippen LogP contribution is 2.27. The number of β-amino-alcohol motifs (C(OH)–C–C–N with tert-alkyl or cyclic N) is 1. The van der Waals surface area contributed by atoms with Gasteiger partial charge in [-0.1, -0.05) is 18.2 Å². The SMILES string of the molecule is COC(=O)c1cccc(CC(C)(C)NCC(O)c2ccc(O)c(NC=O)c2)c1. The van der Waals surface area contributed by atoms with Crippen LogP contribution in [0.2, 0.25) is 0 Å². The maximum absolute atomic E-state index is 11.7. The summed E-state index contributed by atoms with van der Waals surface area (Å²) in [7, 11) is 1.35. The number of nitrogens with one attached hydrogen (secondary N) is 2. The number of phenolic OH excluding ortho intramolecular Hbond substituents is 1. The molecule has 2 aromatic carbocycles. The average molecular weight is 386 g/mol. The molecule has 1 atom stereocenters. The summed E-state index contributed by atoms with van der Waals surface area (Å²) < 4.78 is 4.75. The second kappa shape index (κ2) is 9.34. The first-order valence-corrected chi connectivity index (χ1v) is 8.89. The van der Waals surface area contributed by atoms with E-state index in [1.165, 1.54) is 19.2 Å². The van der Waals surface area contributed by atoms with Gasteiger partial charge in [0.25, 0.3) is 0 Å². The molecule has 0 aliphatic rings. The van der Waals surface area contributed by atoms with E-state index in [1.54, 1.807) is 18.2 Å². The van der Waals surface area contributed by atoms with Crippen LogP contribution in [0.4, 0.5) is 5.69 Å². The van der Waals surface area contributed by atoms with E-state index in [-0.39, 0.29) is 29.5 Å². The quantitative estimate of drug-likeness (QED) is 0.299. The summed E-state index contributed by atoms with van der Waals surface area (Å²) in [6.07, 6.45) is 0.279. The van der Waals surface area contributed by atoms with E-state index in [1.807, 2.05) is 26.0 Å². The predicted molar refractivity (Wildman–Crippen MR) is 106 cm³/mol. The van der Waals surface area contributed by atoms with E-state index in [9.17, 15) is 19.8 Å². The fourth-order valence-electron chi connectivity index (χ4n) is 2.93. The van der Waals surface area contributed by atoms with E-state index in [4.69, 9.17) is 4.74 Å². The van der Waals surface area contributed by atoms with Crippen molar-refractivity contribution in [3.8, 4) is 5.75 Å². The Morgan fingerprint density at radius 1 is 1.25 bits per heavy atom. The Balaban J connectivity index is 2.01. The molecule has 4 N–H and O–H groups in total. The minimum absolute atomic E-state index is 0.0678. The number of esters is 1. The number of aliphatic hydroxyl groups is 1. The third-order valence-corrected chi connectivity index (χ3v) is 4.39. The van der Waals surface area contributed by atoms with Gasteiger partial charge in [0.2, 0.25) is 6.41 Å². The van der Waals surface area contributed by atoms with Crippen LogP contribution in [0.25, 0.3) is 0 Å². The second-order valence-corrected chi connectivity index (χ2v) is 7.19. The second-order valence-electron chi connectivity index (χ2n) is 7.19. The Morgan fingerprint density at radius 2 is 2.00 bits per heavy atom. The van der Waals surface area contributed by atoms with Crippen LogP contribution in [0.15, 0.2) is 42.5 Å². The molecule has 0 fully saturated rings. The lowest BCUT2D eigenvalue weighted by molar-refractivity contribution is -0.105. The maximum atomic E-state index is 11.7. The van der Waals surface area contributed by atoms with Gasteiger partial charge in [0.05, 0.1) is 24.5 Å². The lowest BCUT2D eigenvalue weighted by atomic mass is 9.93. The van der Waals surface area contributed by atoms with Crippen molar-refractivity contribution in [2.24, 2.45) is 0 Å². The molecular formula is C21H26N2O5. The van der Waals surface area contributed by atoms with Crippen molar-refractivity contribution in [2.45, 2.75) is 31.9 Å². The van der Waals surface area contributed by atoms with Gasteiger partial charge < -0.3 is 25.6 Å². The zero-order valence-electron chi connectivity index (χ0n) is 16.2. The third kappa shape index (κ3) is 5.80. The number of aromatic hydroxyl groups is 1. The van der Waals surface area contributed by atoms with Crippen molar-refractivity contribution < 1.29 is 24.5 Å². The van der Waals surface area contributed by atoms with Crippen LogP contribution in [0.1, 0.15) is 41.4 Å². The standard InChI is InChI=1S/C21H26N2O5/c1-21(2,11-14-5-4-6-16(9-14)20(27)28-3)23-12-19(26)15-7-8-18(25)17(10-15)22-13-24/h4-10,13,19,23,25-26H,11-12H2,1-3H3,(H,22,24). The number of ether oxygens (including phenoxy) is 1. The van der Waals surface area contributed by atoms with E-state index in [2.05, 4.69) is 10.6 Å². The van der Waals surface area contributed by atoms with Crippen molar-refractivity contribution >= 4 is 18.1 Å². The molecule has 0 spiro atoms. The molecule has 0 heterocycles. The Kier molecular flexibility index (Phi) is 7.14. The van der Waals surface area contributed by atoms with Crippen molar-refractivity contribution in [3.63, 3.8) is 0 Å². The molecule has 0 bridgehead atoms. The summed E-state index contributed by atoms with van der Waals surface area (Å²) in [6, 6.07) is 11.8. The van der Waals surface area contributed by atoms with Gasteiger partial charge >= 0.3 is 5.97 Å². The summed E-state index contributed by atoms with van der Waals surface area (Å²) in [6.45, 7) is 4.27. The van der Waals surface area contributed by atoms with E-state index >= 15 is 0 Å². The minimum Gasteiger partial charge on any atom is -0.506 e. The molecule has 1 amide bonds. The number of benzene rings is 2. The number of carbonyl (C=O) groups excluding carboxylic acids is 2.